The van der Waals surface area contributed by atoms with Crippen LogP contribution < -0.4 is 26.4 Å². The molecule has 5 N–H and O–H groups in total. The van der Waals surface area contributed by atoms with Crippen LogP contribution in [0, 0.1) is 6.92 Å². The van der Waals surface area contributed by atoms with E-state index in [1.807, 2.05) is 31.4 Å². The lowest BCUT2D eigenvalue weighted by atomic mass is 9.93. The van der Waals surface area contributed by atoms with Crippen LogP contribution >= 0.6 is 11.3 Å². The Morgan fingerprint density at radius 2 is 1.81 bits per heavy atom. The summed E-state index contributed by atoms with van der Waals surface area (Å²) in [5.74, 6) is -1.48. The number of carbonyl (C=O) groups is 4. The maximum Gasteiger partial charge on any atom is 0.357 e. The normalized spacial score (nSPS) is 13.3. The maximum atomic E-state index is 14.5. The second kappa shape index (κ2) is 14.0. The number of hydrogen-bond donors (Lipinski definition) is 4. The molecule has 0 saturated heterocycles. The van der Waals surface area contributed by atoms with E-state index in [9.17, 15) is 19.2 Å². The van der Waals surface area contributed by atoms with E-state index in [-0.39, 0.29) is 41.0 Å². The molecule has 2 aliphatic rings. The van der Waals surface area contributed by atoms with Crippen molar-refractivity contribution in [3.63, 3.8) is 0 Å². The van der Waals surface area contributed by atoms with Crippen molar-refractivity contribution >= 4 is 40.7 Å². The van der Waals surface area contributed by atoms with Crippen LogP contribution in [0.15, 0.2) is 47.8 Å². The predicted molar refractivity (Wildman–Crippen MR) is 184 cm³/mol. The molecule has 1 aliphatic carbocycles. The first-order valence-corrected chi connectivity index (χ1v) is 16.8. The Bertz CT molecular complexity index is 1930. The first-order valence-electron chi connectivity index (χ1n) is 15.9. The Hall–Kier alpha value is -5.07. The van der Waals surface area contributed by atoms with Crippen LogP contribution in [0.4, 0.5) is 5.69 Å². The number of nitrogens with two attached hydrogens (primary N) is 1. The zero-order valence-corrected chi connectivity index (χ0v) is 27.8. The van der Waals surface area contributed by atoms with E-state index in [2.05, 4.69) is 20.9 Å². The van der Waals surface area contributed by atoms with Gasteiger partial charge in [0.25, 0.3) is 17.7 Å². The summed E-state index contributed by atoms with van der Waals surface area (Å²) in [5, 5.41) is 10.8. The number of benzene rings is 2. The third-order valence-corrected chi connectivity index (χ3v) is 9.33. The van der Waals surface area contributed by atoms with E-state index < -0.39 is 17.8 Å². The summed E-state index contributed by atoms with van der Waals surface area (Å²) >= 11 is 1.55. The molecule has 11 nitrogen and oxygen atoms in total. The zero-order chi connectivity index (χ0) is 33.9. The fraction of sp³-hybridized carbons (Fsp3) is 0.306. The summed E-state index contributed by atoms with van der Waals surface area (Å²) in [6, 6.07) is 12.3. The molecule has 248 valence electrons. The Kier molecular flexibility index (Phi) is 9.56. The van der Waals surface area contributed by atoms with Gasteiger partial charge in [-0.15, -0.1) is 11.3 Å². The Morgan fingerprint density at radius 1 is 1.00 bits per heavy atom. The quantitative estimate of drug-likeness (QED) is 0.167. The van der Waals surface area contributed by atoms with E-state index in [0.29, 0.717) is 47.7 Å². The number of nitrogens with one attached hydrogen (secondary N) is 3. The lowest BCUT2D eigenvalue weighted by Gasteiger charge is -2.19. The molecule has 0 unspecified atom stereocenters. The fourth-order valence-corrected chi connectivity index (χ4v) is 6.68. The number of thiophene rings is 1. The number of fused-ring (bicyclic) bond motifs is 3. The minimum atomic E-state index is -0.773. The van der Waals surface area contributed by atoms with E-state index >= 15 is 0 Å². The van der Waals surface area contributed by atoms with Crippen molar-refractivity contribution in [2.75, 3.05) is 25.6 Å². The highest BCUT2D eigenvalue weighted by Crippen LogP contribution is 2.43. The van der Waals surface area contributed by atoms with Crippen molar-refractivity contribution in [2.24, 2.45) is 5.73 Å². The summed E-state index contributed by atoms with van der Waals surface area (Å²) < 4.78 is 11.3. The second-order valence-corrected chi connectivity index (χ2v) is 12.8. The first kappa shape index (κ1) is 32.9. The Balaban J connectivity index is 1.51. The molecule has 0 radical (unpaired) electrons. The number of ether oxygens (including phenoxy) is 2. The van der Waals surface area contributed by atoms with Crippen LogP contribution in [0.2, 0.25) is 0 Å². The van der Waals surface area contributed by atoms with Gasteiger partial charge in [0.2, 0.25) is 0 Å². The van der Waals surface area contributed by atoms with Crippen molar-refractivity contribution in [2.45, 2.75) is 52.1 Å². The number of carbonyl (C=O) groups excluding carboxylic acids is 4. The number of aryl methyl sites for hydroxylation is 1. The van der Waals surface area contributed by atoms with Gasteiger partial charge in [-0.25, -0.2) is 9.78 Å². The SMILES string of the molecule is CCCNC(=O)c1ccc(-c2cc3c(cc2C(=O)Nc2c(C)cc(CN)cc2C(=O)NC2CC2)-c2sccc2CCO3)c(C(=O)OC)n1. The van der Waals surface area contributed by atoms with Crippen molar-refractivity contribution in [3.8, 4) is 27.3 Å². The number of methoxy groups -OCH3 is 1. The standard InChI is InChI=1S/C36H37N5O6S/c1-4-11-38-35(44)28-8-7-23(31(40-28)36(45)46-3)24-17-29-26(32-21(9-12-47-29)10-13-48-32)16-25(24)33(42)41-30-19(2)14-20(18-37)15-27(30)34(43)39-22-5-6-22/h7-8,10,13-17,22H,4-6,9,11-12,18,37H2,1-3H3,(H,38,44)(H,39,43)(H,41,42). The Labute approximate surface area is 282 Å². The molecule has 1 fully saturated rings. The van der Waals surface area contributed by atoms with Gasteiger partial charge in [-0.1, -0.05) is 13.0 Å². The van der Waals surface area contributed by atoms with Gasteiger partial charge in [-0.05, 0) is 84.7 Å². The number of pyridine rings is 1. The van der Waals surface area contributed by atoms with Gasteiger partial charge in [-0.2, -0.15) is 0 Å². The van der Waals surface area contributed by atoms with Gasteiger partial charge in [0.1, 0.15) is 11.4 Å². The van der Waals surface area contributed by atoms with Gasteiger partial charge in [0.05, 0.1) is 25.0 Å². The van der Waals surface area contributed by atoms with Crippen molar-refractivity contribution in [1.29, 1.82) is 0 Å². The molecule has 1 saturated carbocycles. The summed E-state index contributed by atoms with van der Waals surface area (Å²) in [6.45, 7) is 4.84. The van der Waals surface area contributed by atoms with Gasteiger partial charge in [0, 0.05) is 52.7 Å². The highest BCUT2D eigenvalue weighted by atomic mass is 32.1. The minimum Gasteiger partial charge on any atom is -0.493 e. The first-order chi connectivity index (χ1) is 23.2. The largest absolute Gasteiger partial charge is 0.493 e. The topological polar surface area (TPSA) is 162 Å². The van der Waals surface area contributed by atoms with Crippen LogP contribution in [-0.2, 0) is 17.7 Å². The molecule has 6 rings (SSSR count). The molecular formula is C36H37N5O6S. The predicted octanol–water partition coefficient (Wildman–Crippen LogP) is 5.25. The molecule has 0 spiro atoms. The summed E-state index contributed by atoms with van der Waals surface area (Å²) in [7, 11) is 1.23. The molecule has 1 aliphatic heterocycles. The van der Waals surface area contributed by atoms with Crippen LogP contribution in [0.25, 0.3) is 21.6 Å². The molecular weight excluding hydrogens is 630 g/mol. The molecule has 0 bridgehead atoms. The summed E-state index contributed by atoms with van der Waals surface area (Å²) in [5.41, 5.74) is 10.6. The zero-order valence-electron chi connectivity index (χ0n) is 27.0. The molecule has 48 heavy (non-hydrogen) atoms. The van der Waals surface area contributed by atoms with Crippen LogP contribution in [0.1, 0.15) is 84.6 Å². The third kappa shape index (κ3) is 6.67. The highest BCUT2D eigenvalue weighted by Gasteiger charge is 2.29. The number of anilines is 1. The monoisotopic (exact) mass is 667 g/mol. The van der Waals surface area contributed by atoms with Crippen LogP contribution in [0.3, 0.4) is 0 Å². The van der Waals surface area contributed by atoms with E-state index in [1.165, 1.54) is 13.2 Å². The second-order valence-electron chi connectivity index (χ2n) is 11.8. The summed E-state index contributed by atoms with van der Waals surface area (Å²) in [6.07, 6.45) is 3.23. The smallest absolute Gasteiger partial charge is 0.357 e. The van der Waals surface area contributed by atoms with Gasteiger partial charge in [-0.3, -0.25) is 14.4 Å². The fourth-order valence-electron chi connectivity index (χ4n) is 5.71. The number of aromatic nitrogens is 1. The average Bonchev–Trinajstić information content (AvgIpc) is 3.83. The maximum absolute atomic E-state index is 14.5. The summed E-state index contributed by atoms with van der Waals surface area (Å²) in [4.78, 5) is 59.2. The van der Waals surface area contributed by atoms with Crippen molar-refractivity contribution in [1.82, 2.24) is 15.6 Å². The van der Waals surface area contributed by atoms with E-state index in [0.717, 1.165) is 40.8 Å². The number of rotatable bonds is 10. The molecule has 12 heteroatoms. The van der Waals surface area contributed by atoms with E-state index in [4.69, 9.17) is 15.2 Å². The molecule has 3 heterocycles. The molecule has 4 aromatic rings. The molecule has 3 amide bonds. The molecule has 2 aromatic heterocycles. The number of nitrogens with zero attached hydrogens (tertiary/aromatic N) is 1. The molecule has 2 aromatic carbocycles. The van der Waals surface area contributed by atoms with Crippen molar-refractivity contribution < 1.29 is 28.7 Å². The number of hydrogen-bond acceptors (Lipinski definition) is 9. The highest BCUT2D eigenvalue weighted by molar-refractivity contribution is 7.13. The lowest BCUT2D eigenvalue weighted by molar-refractivity contribution is 0.0594. The van der Waals surface area contributed by atoms with Crippen molar-refractivity contribution in [3.05, 3.63) is 87.0 Å². The minimum absolute atomic E-state index is 0.0368. The molecule has 0 atom stereocenters. The third-order valence-electron chi connectivity index (χ3n) is 8.34. The number of amides is 3. The van der Waals surface area contributed by atoms with Gasteiger partial charge in [0.15, 0.2) is 5.69 Å². The lowest BCUT2D eigenvalue weighted by Crippen LogP contribution is -2.28. The average molecular weight is 668 g/mol. The Morgan fingerprint density at radius 3 is 2.54 bits per heavy atom. The van der Waals surface area contributed by atoms with Gasteiger partial charge < -0.3 is 31.2 Å². The van der Waals surface area contributed by atoms with Gasteiger partial charge >= 0.3 is 5.97 Å². The van der Waals surface area contributed by atoms with Crippen LogP contribution in [-0.4, -0.2) is 55.0 Å². The van der Waals surface area contributed by atoms with Crippen LogP contribution in [0.5, 0.6) is 5.75 Å². The van der Waals surface area contributed by atoms with E-state index in [1.54, 1.807) is 35.6 Å². The number of esters is 1.